The zero-order valence-electron chi connectivity index (χ0n) is 19.7. The molecule has 1 saturated heterocycles. The summed E-state index contributed by atoms with van der Waals surface area (Å²) in [5.74, 6) is 1.09. The fraction of sp³-hybridized carbons (Fsp3) is 0.269. The summed E-state index contributed by atoms with van der Waals surface area (Å²) in [6, 6.07) is 20.1. The first-order valence-corrected chi connectivity index (χ1v) is 12.8. The molecule has 6 rings (SSSR count). The number of piperazine rings is 1. The minimum atomic E-state index is 0.149. The van der Waals surface area contributed by atoms with E-state index in [1.165, 1.54) is 15.3 Å². The van der Waals surface area contributed by atoms with Gasteiger partial charge in [0.05, 0.1) is 5.39 Å². The van der Waals surface area contributed by atoms with Crippen LogP contribution in [0, 0.1) is 0 Å². The molecule has 5 aromatic rings. The molecule has 0 unspecified atom stereocenters. The van der Waals surface area contributed by atoms with E-state index in [4.69, 9.17) is 4.84 Å². The summed E-state index contributed by atoms with van der Waals surface area (Å²) in [6.45, 7) is 3.24. The van der Waals surface area contributed by atoms with Crippen LogP contribution in [0.2, 0.25) is 0 Å². The third kappa shape index (κ3) is 4.47. The SMILES string of the molecule is O=C(CCCOn1nnc2ccccc21)N1CCN(c2ncnc3sc(-c4ccccc4)cc23)CC1. The Morgan fingerprint density at radius 2 is 1.78 bits per heavy atom. The van der Waals surface area contributed by atoms with Crippen LogP contribution in [0.25, 0.3) is 31.7 Å². The molecule has 1 aliphatic heterocycles. The Hall–Kier alpha value is -4.05. The maximum absolute atomic E-state index is 12.8. The highest BCUT2D eigenvalue weighted by molar-refractivity contribution is 7.21. The predicted octanol–water partition coefficient (Wildman–Crippen LogP) is 3.66. The van der Waals surface area contributed by atoms with Gasteiger partial charge in [-0.1, -0.05) is 47.3 Å². The number of carbonyl (C=O) groups excluding carboxylic acids is 1. The van der Waals surface area contributed by atoms with Crippen LogP contribution in [-0.4, -0.2) is 68.7 Å². The Bertz CT molecular complexity index is 1490. The third-order valence-corrected chi connectivity index (χ3v) is 7.46. The van der Waals surface area contributed by atoms with Crippen molar-refractivity contribution >= 4 is 44.3 Å². The van der Waals surface area contributed by atoms with Gasteiger partial charge in [0.2, 0.25) is 5.91 Å². The third-order valence-electron chi connectivity index (χ3n) is 6.37. The second kappa shape index (κ2) is 9.90. The average molecular weight is 500 g/mol. The Balaban J connectivity index is 1.03. The van der Waals surface area contributed by atoms with Gasteiger partial charge in [-0.15, -0.1) is 16.4 Å². The molecule has 4 heterocycles. The van der Waals surface area contributed by atoms with Gasteiger partial charge in [0.15, 0.2) is 0 Å². The van der Waals surface area contributed by atoms with E-state index in [2.05, 4.69) is 43.4 Å². The molecule has 36 heavy (non-hydrogen) atoms. The Morgan fingerprint density at radius 3 is 2.64 bits per heavy atom. The summed E-state index contributed by atoms with van der Waals surface area (Å²) in [5, 5.41) is 9.15. The van der Waals surface area contributed by atoms with Gasteiger partial charge >= 0.3 is 0 Å². The number of carbonyl (C=O) groups is 1. The molecule has 0 bridgehead atoms. The largest absolute Gasteiger partial charge is 0.395 e. The van der Waals surface area contributed by atoms with Gasteiger partial charge in [-0.25, -0.2) is 9.97 Å². The minimum Gasteiger partial charge on any atom is -0.395 e. The summed E-state index contributed by atoms with van der Waals surface area (Å²) in [5.41, 5.74) is 2.79. The van der Waals surface area contributed by atoms with Crippen molar-refractivity contribution in [2.75, 3.05) is 37.7 Å². The van der Waals surface area contributed by atoms with E-state index in [-0.39, 0.29) is 5.91 Å². The smallest absolute Gasteiger partial charge is 0.222 e. The zero-order valence-corrected chi connectivity index (χ0v) is 20.5. The fourth-order valence-corrected chi connectivity index (χ4v) is 5.48. The van der Waals surface area contributed by atoms with E-state index >= 15 is 0 Å². The molecule has 182 valence electrons. The van der Waals surface area contributed by atoms with Crippen molar-refractivity contribution in [2.45, 2.75) is 12.8 Å². The number of nitrogens with zero attached hydrogens (tertiary/aromatic N) is 7. The van der Waals surface area contributed by atoms with Crippen LogP contribution in [0.1, 0.15) is 12.8 Å². The lowest BCUT2D eigenvalue weighted by atomic mass is 10.2. The zero-order chi connectivity index (χ0) is 24.3. The molecule has 1 amide bonds. The number of para-hydroxylation sites is 1. The molecule has 2 aromatic carbocycles. The predicted molar refractivity (Wildman–Crippen MR) is 140 cm³/mol. The van der Waals surface area contributed by atoms with E-state index in [1.54, 1.807) is 17.7 Å². The van der Waals surface area contributed by atoms with Crippen LogP contribution in [0.4, 0.5) is 5.82 Å². The lowest BCUT2D eigenvalue weighted by Crippen LogP contribution is -2.49. The summed E-state index contributed by atoms with van der Waals surface area (Å²) >= 11 is 1.68. The first kappa shape index (κ1) is 22.4. The Labute approximate surface area is 211 Å². The molecule has 1 aliphatic rings. The highest BCUT2D eigenvalue weighted by atomic mass is 32.1. The minimum absolute atomic E-state index is 0.149. The summed E-state index contributed by atoms with van der Waals surface area (Å²) in [7, 11) is 0. The molecule has 0 N–H and O–H groups in total. The molecular formula is C26H25N7O2S. The van der Waals surface area contributed by atoms with Crippen LogP contribution in [-0.2, 0) is 4.79 Å². The van der Waals surface area contributed by atoms with Gasteiger partial charge in [0, 0.05) is 37.5 Å². The second-order valence-electron chi connectivity index (χ2n) is 8.65. The normalized spacial score (nSPS) is 14.0. The van der Waals surface area contributed by atoms with E-state index < -0.39 is 0 Å². The van der Waals surface area contributed by atoms with Crippen molar-refractivity contribution in [3.63, 3.8) is 0 Å². The molecule has 0 radical (unpaired) electrons. The van der Waals surface area contributed by atoms with E-state index in [0.29, 0.717) is 32.5 Å². The number of aromatic nitrogens is 5. The van der Waals surface area contributed by atoms with Gasteiger partial charge in [-0.3, -0.25) is 4.79 Å². The van der Waals surface area contributed by atoms with Gasteiger partial charge in [0.1, 0.15) is 34.6 Å². The van der Waals surface area contributed by atoms with Crippen LogP contribution < -0.4 is 9.74 Å². The van der Waals surface area contributed by atoms with E-state index in [0.717, 1.165) is 40.2 Å². The average Bonchev–Trinajstić information content (AvgIpc) is 3.56. The molecule has 0 saturated carbocycles. The number of rotatable bonds is 7. The number of amides is 1. The molecule has 3 aromatic heterocycles. The van der Waals surface area contributed by atoms with Crippen LogP contribution in [0.3, 0.4) is 0 Å². The molecule has 10 heteroatoms. The van der Waals surface area contributed by atoms with Crippen LogP contribution in [0.15, 0.2) is 67.0 Å². The van der Waals surface area contributed by atoms with Crippen LogP contribution >= 0.6 is 11.3 Å². The number of hydrogen-bond donors (Lipinski definition) is 0. The summed E-state index contributed by atoms with van der Waals surface area (Å²) in [6.07, 6.45) is 2.70. The summed E-state index contributed by atoms with van der Waals surface area (Å²) in [4.78, 5) is 35.4. The maximum atomic E-state index is 12.8. The van der Waals surface area contributed by atoms with Crippen molar-refractivity contribution in [2.24, 2.45) is 0 Å². The highest BCUT2D eigenvalue weighted by Crippen LogP contribution is 2.36. The van der Waals surface area contributed by atoms with Crippen LogP contribution in [0.5, 0.6) is 0 Å². The number of fused-ring (bicyclic) bond motifs is 2. The lowest BCUT2D eigenvalue weighted by Gasteiger charge is -2.35. The molecular weight excluding hydrogens is 474 g/mol. The first-order chi connectivity index (χ1) is 17.8. The van der Waals surface area contributed by atoms with E-state index in [1.807, 2.05) is 47.4 Å². The number of benzene rings is 2. The molecule has 1 fully saturated rings. The number of hydrogen-bond acceptors (Lipinski definition) is 8. The fourth-order valence-electron chi connectivity index (χ4n) is 4.48. The molecule has 0 aliphatic carbocycles. The first-order valence-electron chi connectivity index (χ1n) is 12.0. The monoisotopic (exact) mass is 499 g/mol. The van der Waals surface area contributed by atoms with Crippen molar-refractivity contribution in [1.82, 2.24) is 30.0 Å². The molecule has 0 atom stereocenters. The maximum Gasteiger partial charge on any atom is 0.222 e. The van der Waals surface area contributed by atoms with Crippen molar-refractivity contribution in [3.05, 3.63) is 67.0 Å². The number of thiophene rings is 1. The molecule has 9 nitrogen and oxygen atoms in total. The lowest BCUT2D eigenvalue weighted by molar-refractivity contribution is -0.131. The van der Waals surface area contributed by atoms with Crippen molar-refractivity contribution in [3.8, 4) is 10.4 Å². The van der Waals surface area contributed by atoms with Gasteiger partial charge in [-0.2, -0.15) is 0 Å². The van der Waals surface area contributed by atoms with Gasteiger partial charge in [0.25, 0.3) is 0 Å². The van der Waals surface area contributed by atoms with E-state index in [9.17, 15) is 4.79 Å². The Morgan fingerprint density at radius 1 is 0.972 bits per heavy atom. The highest BCUT2D eigenvalue weighted by Gasteiger charge is 2.23. The quantitative estimate of drug-likeness (QED) is 0.316. The molecule has 0 spiro atoms. The van der Waals surface area contributed by atoms with Crippen molar-refractivity contribution < 1.29 is 9.63 Å². The number of anilines is 1. The topological polar surface area (TPSA) is 89.3 Å². The standard InChI is InChI=1S/C26H25N7O2S/c34-24(11-6-16-35-33-22-10-5-4-9-21(22)29-30-33)31-12-14-32(15-13-31)25-20-17-23(19-7-2-1-3-8-19)36-26(20)28-18-27-25/h1-5,7-10,17-18H,6,11-16H2. The van der Waals surface area contributed by atoms with Gasteiger partial charge < -0.3 is 14.6 Å². The Kier molecular flexibility index (Phi) is 6.17. The van der Waals surface area contributed by atoms with Gasteiger partial charge in [-0.05, 0) is 35.4 Å². The summed E-state index contributed by atoms with van der Waals surface area (Å²) < 4.78 is 0. The second-order valence-corrected chi connectivity index (χ2v) is 9.68. The van der Waals surface area contributed by atoms with Crippen molar-refractivity contribution in [1.29, 1.82) is 0 Å².